The van der Waals surface area contributed by atoms with Crippen molar-refractivity contribution in [3.05, 3.63) is 63.6 Å². The van der Waals surface area contributed by atoms with Crippen molar-refractivity contribution in [3.63, 3.8) is 0 Å². The molecule has 0 unspecified atom stereocenters. The van der Waals surface area contributed by atoms with Gasteiger partial charge in [-0.05, 0) is 52.2 Å². The van der Waals surface area contributed by atoms with Crippen molar-refractivity contribution in [1.29, 1.82) is 0 Å². The van der Waals surface area contributed by atoms with Gasteiger partial charge in [-0.2, -0.15) is 0 Å². The second kappa shape index (κ2) is 6.41. The molecule has 0 bridgehead atoms. The van der Waals surface area contributed by atoms with Crippen LogP contribution in [0.5, 0.6) is 0 Å². The summed E-state index contributed by atoms with van der Waals surface area (Å²) in [5.74, 6) is -0.683. The first kappa shape index (κ1) is 17.4. The molecule has 3 fully saturated rings. The standard InChI is InChI=1S/C20H17BrClN3O2/c21-14-4-1-2-5-15(14)25-19(26)16-17(12-6-8-13(22)9-7-12)23-10-3-11-24(23)18(16)20(25)27/h1-2,4-9,16-18H,3,10-11H2/t16-,17-,18+/m1/s1. The minimum Gasteiger partial charge on any atom is -0.274 e. The average Bonchev–Trinajstić information content (AvgIpc) is 3.30. The predicted octanol–water partition coefficient (Wildman–Crippen LogP) is 3.64. The molecule has 2 amide bonds. The van der Waals surface area contributed by atoms with Gasteiger partial charge in [-0.15, -0.1) is 0 Å². The number of rotatable bonds is 2. The molecule has 0 radical (unpaired) electrons. The maximum Gasteiger partial charge on any atom is 0.253 e. The lowest BCUT2D eigenvalue weighted by molar-refractivity contribution is -0.126. The molecule has 3 aliphatic heterocycles. The molecule has 2 aromatic carbocycles. The van der Waals surface area contributed by atoms with Gasteiger partial charge in [0.25, 0.3) is 5.91 Å². The summed E-state index contributed by atoms with van der Waals surface area (Å²) in [5, 5.41) is 4.96. The number of nitrogens with zero attached hydrogens (tertiary/aromatic N) is 3. The third kappa shape index (κ3) is 2.51. The number of fused-ring (bicyclic) bond motifs is 3. The van der Waals surface area contributed by atoms with Crippen LogP contribution in [0.3, 0.4) is 0 Å². The van der Waals surface area contributed by atoms with E-state index in [0.717, 1.165) is 29.5 Å². The van der Waals surface area contributed by atoms with Gasteiger partial charge in [0.05, 0.1) is 17.6 Å². The van der Waals surface area contributed by atoms with E-state index in [2.05, 4.69) is 25.9 Å². The molecule has 5 nitrogen and oxygen atoms in total. The van der Waals surface area contributed by atoms with Gasteiger partial charge < -0.3 is 0 Å². The zero-order valence-electron chi connectivity index (χ0n) is 14.4. The number of benzene rings is 2. The summed E-state index contributed by atoms with van der Waals surface area (Å²) in [5.41, 5.74) is 1.64. The number of amides is 2. The van der Waals surface area contributed by atoms with Crippen molar-refractivity contribution in [3.8, 4) is 0 Å². The van der Waals surface area contributed by atoms with Crippen LogP contribution < -0.4 is 4.90 Å². The van der Waals surface area contributed by atoms with E-state index >= 15 is 0 Å². The summed E-state index contributed by atoms with van der Waals surface area (Å²) in [6, 6.07) is 14.4. The Morgan fingerprint density at radius 3 is 2.26 bits per heavy atom. The first-order chi connectivity index (χ1) is 13.1. The average molecular weight is 447 g/mol. The maximum absolute atomic E-state index is 13.4. The third-order valence-corrected chi connectivity index (χ3v) is 6.63. The molecular formula is C20H17BrClN3O2. The number of anilines is 1. The van der Waals surface area contributed by atoms with Gasteiger partial charge in [-0.25, -0.2) is 14.9 Å². The lowest BCUT2D eigenvalue weighted by atomic mass is 9.90. The van der Waals surface area contributed by atoms with E-state index in [1.807, 2.05) is 42.5 Å². The minimum atomic E-state index is -0.437. The first-order valence-electron chi connectivity index (χ1n) is 8.99. The largest absolute Gasteiger partial charge is 0.274 e. The minimum absolute atomic E-state index is 0.133. The van der Waals surface area contributed by atoms with E-state index in [4.69, 9.17) is 11.6 Å². The monoisotopic (exact) mass is 445 g/mol. The third-order valence-electron chi connectivity index (χ3n) is 5.71. The second-order valence-electron chi connectivity index (χ2n) is 7.11. The molecule has 0 N–H and O–H groups in total. The lowest BCUT2D eigenvalue weighted by Gasteiger charge is -2.30. The van der Waals surface area contributed by atoms with E-state index in [-0.39, 0.29) is 17.9 Å². The summed E-state index contributed by atoms with van der Waals surface area (Å²) in [6.07, 6.45) is 0.990. The SMILES string of the molecule is O=C1[C@H]2[C@@H](C(=O)N1c1ccccc1Br)N1CCCN1[C@@H]2c1ccc(Cl)cc1. The smallest absolute Gasteiger partial charge is 0.253 e. The Morgan fingerprint density at radius 2 is 1.56 bits per heavy atom. The Morgan fingerprint density at radius 1 is 0.889 bits per heavy atom. The van der Waals surface area contributed by atoms with Crippen LogP contribution in [-0.4, -0.2) is 41.0 Å². The van der Waals surface area contributed by atoms with Crippen LogP contribution in [-0.2, 0) is 9.59 Å². The highest BCUT2D eigenvalue weighted by atomic mass is 79.9. The molecule has 3 atom stereocenters. The molecule has 0 spiro atoms. The molecule has 0 saturated carbocycles. The lowest BCUT2D eigenvalue weighted by Crippen LogP contribution is -2.44. The Bertz CT molecular complexity index is 935. The second-order valence-corrected chi connectivity index (χ2v) is 8.40. The van der Waals surface area contributed by atoms with Gasteiger partial charge in [0.15, 0.2) is 0 Å². The first-order valence-corrected chi connectivity index (χ1v) is 10.2. The van der Waals surface area contributed by atoms with Crippen LogP contribution >= 0.6 is 27.5 Å². The topological polar surface area (TPSA) is 43.9 Å². The quantitative estimate of drug-likeness (QED) is 0.661. The van der Waals surface area contributed by atoms with Crippen molar-refractivity contribution in [2.75, 3.05) is 18.0 Å². The predicted molar refractivity (Wildman–Crippen MR) is 106 cm³/mol. The van der Waals surface area contributed by atoms with Crippen LogP contribution in [0.4, 0.5) is 5.69 Å². The van der Waals surface area contributed by atoms with Crippen molar-refractivity contribution in [2.45, 2.75) is 18.5 Å². The van der Waals surface area contributed by atoms with Crippen molar-refractivity contribution >= 4 is 45.0 Å². The molecule has 7 heteroatoms. The van der Waals surface area contributed by atoms with E-state index in [1.54, 1.807) is 6.07 Å². The van der Waals surface area contributed by atoms with E-state index in [0.29, 0.717) is 10.7 Å². The van der Waals surface area contributed by atoms with Gasteiger partial charge in [0.1, 0.15) is 6.04 Å². The number of halogens is 2. The number of para-hydroxylation sites is 1. The molecule has 27 heavy (non-hydrogen) atoms. The Labute approximate surface area is 170 Å². The fourth-order valence-electron chi connectivity index (χ4n) is 4.64. The molecule has 3 saturated heterocycles. The molecule has 0 aromatic heterocycles. The zero-order valence-corrected chi connectivity index (χ0v) is 16.7. The van der Waals surface area contributed by atoms with Crippen molar-refractivity contribution in [2.24, 2.45) is 5.92 Å². The highest BCUT2D eigenvalue weighted by Crippen LogP contribution is 2.49. The van der Waals surface area contributed by atoms with Gasteiger partial charge in [-0.3, -0.25) is 9.59 Å². The van der Waals surface area contributed by atoms with Gasteiger partial charge in [0, 0.05) is 22.6 Å². The van der Waals surface area contributed by atoms with E-state index in [9.17, 15) is 9.59 Å². The number of carbonyl (C=O) groups excluding carboxylic acids is 2. The number of hydrogen-bond donors (Lipinski definition) is 0. The highest BCUT2D eigenvalue weighted by molar-refractivity contribution is 9.10. The van der Waals surface area contributed by atoms with Crippen LogP contribution in [0, 0.1) is 5.92 Å². The molecule has 138 valence electrons. The van der Waals surface area contributed by atoms with E-state index in [1.165, 1.54) is 4.90 Å². The number of carbonyl (C=O) groups is 2. The molecular weight excluding hydrogens is 430 g/mol. The van der Waals surface area contributed by atoms with Crippen LogP contribution in [0.15, 0.2) is 53.0 Å². The van der Waals surface area contributed by atoms with Crippen molar-refractivity contribution < 1.29 is 9.59 Å². The van der Waals surface area contributed by atoms with Gasteiger partial charge >= 0.3 is 0 Å². The fourth-order valence-corrected chi connectivity index (χ4v) is 5.23. The molecule has 2 aromatic rings. The number of imide groups is 1. The number of hydrogen-bond acceptors (Lipinski definition) is 4. The van der Waals surface area contributed by atoms with Crippen LogP contribution in [0.1, 0.15) is 18.0 Å². The fraction of sp³-hybridized carbons (Fsp3) is 0.300. The Hall–Kier alpha value is -1.73. The van der Waals surface area contributed by atoms with Crippen LogP contribution in [0.2, 0.25) is 5.02 Å². The van der Waals surface area contributed by atoms with Crippen molar-refractivity contribution in [1.82, 2.24) is 10.0 Å². The molecule has 3 aliphatic rings. The summed E-state index contributed by atoms with van der Waals surface area (Å²) >= 11 is 9.54. The summed E-state index contributed by atoms with van der Waals surface area (Å²) in [4.78, 5) is 28.1. The Kier molecular flexibility index (Phi) is 4.13. The summed E-state index contributed by atoms with van der Waals surface area (Å²) in [6.45, 7) is 1.66. The number of hydrazine groups is 1. The normalized spacial score (nSPS) is 28.1. The Balaban J connectivity index is 1.60. The van der Waals surface area contributed by atoms with Gasteiger partial charge in [-0.1, -0.05) is 35.9 Å². The molecule has 0 aliphatic carbocycles. The van der Waals surface area contributed by atoms with Gasteiger partial charge in [0.2, 0.25) is 5.91 Å². The summed E-state index contributed by atoms with van der Waals surface area (Å²) in [7, 11) is 0. The summed E-state index contributed by atoms with van der Waals surface area (Å²) < 4.78 is 0.744. The maximum atomic E-state index is 13.4. The van der Waals surface area contributed by atoms with E-state index < -0.39 is 12.0 Å². The highest BCUT2D eigenvalue weighted by Gasteiger charge is 2.62. The molecule has 5 rings (SSSR count). The van der Waals surface area contributed by atoms with Crippen LogP contribution in [0.25, 0.3) is 0 Å². The molecule has 3 heterocycles. The zero-order chi connectivity index (χ0) is 18.7.